The number of hydrogen-bond donors (Lipinski definition) is 1. The van der Waals surface area contributed by atoms with E-state index in [0.29, 0.717) is 6.10 Å². The predicted octanol–water partition coefficient (Wildman–Crippen LogP) is 3.12. The molecule has 1 fully saturated rings. The third-order valence-electron chi connectivity index (χ3n) is 3.38. The van der Waals surface area contributed by atoms with Gasteiger partial charge in [0.05, 0.1) is 12.2 Å². The highest BCUT2D eigenvalue weighted by Gasteiger charge is 2.18. The van der Waals surface area contributed by atoms with Crippen LogP contribution in [0.15, 0.2) is 22.7 Å². The summed E-state index contributed by atoms with van der Waals surface area (Å²) in [5.74, 6) is 0. The van der Waals surface area contributed by atoms with E-state index in [9.17, 15) is 5.11 Å². The molecule has 1 aliphatic rings. The van der Waals surface area contributed by atoms with Gasteiger partial charge in [-0.15, -0.1) is 0 Å². The normalized spacial score (nSPS) is 21.0. The van der Waals surface area contributed by atoms with E-state index in [0.717, 1.165) is 35.3 Å². The number of anilines is 1. The average molecular weight is 314 g/mol. The van der Waals surface area contributed by atoms with E-state index in [1.54, 1.807) is 6.92 Å². The Morgan fingerprint density at radius 3 is 2.89 bits per heavy atom. The van der Waals surface area contributed by atoms with Gasteiger partial charge in [-0.05, 0) is 37.5 Å². The fourth-order valence-corrected chi connectivity index (χ4v) is 2.99. The summed E-state index contributed by atoms with van der Waals surface area (Å²) in [4.78, 5) is 2.20. The summed E-state index contributed by atoms with van der Waals surface area (Å²) in [5, 5.41) is 9.60. The van der Waals surface area contributed by atoms with E-state index in [4.69, 9.17) is 4.74 Å². The topological polar surface area (TPSA) is 32.7 Å². The van der Waals surface area contributed by atoms with Crippen molar-refractivity contribution in [3.05, 3.63) is 28.2 Å². The Balaban J connectivity index is 2.05. The number of hydrogen-bond acceptors (Lipinski definition) is 3. The van der Waals surface area contributed by atoms with Crippen molar-refractivity contribution < 1.29 is 9.84 Å². The van der Waals surface area contributed by atoms with E-state index in [-0.39, 0.29) is 0 Å². The molecule has 2 atom stereocenters. The first kappa shape index (κ1) is 13.8. The number of rotatable bonds is 4. The van der Waals surface area contributed by atoms with Crippen LogP contribution in [0.2, 0.25) is 0 Å². The van der Waals surface area contributed by atoms with Crippen LogP contribution in [0, 0.1) is 0 Å². The van der Waals surface area contributed by atoms with Gasteiger partial charge in [-0.2, -0.15) is 0 Å². The molecule has 0 aromatic heterocycles. The molecule has 3 nitrogen and oxygen atoms in total. The number of ether oxygens (including phenoxy) is 1. The molecule has 2 unspecified atom stereocenters. The standard InChI is InChI=1S/C14H20BrNO2/c1-10(17)13-6-5-11(8-14(13)15)16(2)9-12-4-3-7-18-12/h5-6,8,10,12,17H,3-4,7,9H2,1-2H3. The summed E-state index contributed by atoms with van der Waals surface area (Å²) in [7, 11) is 2.07. The molecule has 18 heavy (non-hydrogen) atoms. The van der Waals surface area contributed by atoms with Crippen LogP contribution in [0.4, 0.5) is 5.69 Å². The molecule has 1 heterocycles. The molecule has 1 saturated heterocycles. The van der Waals surface area contributed by atoms with Gasteiger partial charge in [0, 0.05) is 30.4 Å². The minimum Gasteiger partial charge on any atom is -0.389 e. The second-order valence-electron chi connectivity index (χ2n) is 4.90. The molecule has 1 aliphatic heterocycles. The Labute approximate surface area is 117 Å². The van der Waals surface area contributed by atoms with Crippen LogP contribution >= 0.6 is 15.9 Å². The highest BCUT2D eigenvalue weighted by atomic mass is 79.9. The van der Waals surface area contributed by atoms with Crippen LogP contribution in [-0.2, 0) is 4.74 Å². The van der Waals surface area contributed by atoms with Crippen molar-refractivity contribution in [1.29, 1.82) is 0 Å². The lowest BCUT2D eigenvalue weighted by Gasteiger charge is -2.23. The first-order valence-corrected chi connectivity index (χ1v) is 7.17. The highest BCUT2D eigenvalue weighted by molar-refractivity contribution is 9.10. The monoisotopic (exact) mass is 313 g/mol. The lowest BCUT2D eigenvalue weighted by Crippen LogP contribution is -2.28. The van der Waals surface area contributed by atoms with Gasteiger partial charge in [0.25, 0.3) is 0 Å². The molecule has 0 saturated carbocycles. The van der Waals surface area contributed by atoms with Gasteiger partial charge in [0.2, 0.25) is 0 Å². The Kier molecular flexibility index (Phi) is 4.65. The van der Waals surface area contributed by atoms with Gasteiger partial charge in [0.1, 0.15) is 0 Å². The molecule has 1 aromatic rings. The van der Waals surface area contributed by atoms with Gasteiger partial charge < -0.3 is 14.7 Å². The molecule has 0 spiro atoms. The molecular weight excluding hydrogens is 294 g/mol. The Bertz CT molecular complexity index is 403. The Morgan fingerprint density at radius 1 is 1.56 bits per heavy atom. The van der Waals surface area contributed by atoms with E-state index in [1.165, 1.54) is 6.42 Å². The zero-order valence-electron chi connectivity index (χ0n) is 10.9. The van der Waals surface area contributed by atoms with Gasteiger partial charge in [-0.25, -0.2) is 0 Å². The van der Waals surface area contributed by atoms with Gasteiger partial charge >= 0.3 is 0 Å². The lowest BCUT2D eigenvalue weighted by molar-refractivity contribution is 0.116. The summed E-state index contributed by atoms with van der Waals surface area (Å²) in [6, 6.07) is 6.06. The second kappa shape index (κ2) is 6.04. The van der Waals surface area contributed by atoms with E-state index in [1.807, 2.05) is 12.1 Å². The minimum atomic E-state index is -0.447. The van der Waals surface area contributed by atoms with Crippen LogP contribution < -0.4 is 4.90 Å². The van der Waals surface area contributed by atoms with E-state index < -0.39 is 6.10 Å². The van der Waals surface area contributed by atoms with Crippen molar-refractivity contribution >= 4 is 21.6 Å². The van der Waals surface area contributed by atoms with E-state index in [2.05, 4.69) is 33.9 Å². The zero-order chi connectivity index (χ0) is 13.1. The summed E-state index contributed by atoms with van der Waals surface area (Å²) in [5.41, 5.74) is 2.06. The number of benzene rings is 1. The van der Waals surface area contributed by atoms with Gasteiger partial charge in [-0.3, -0.25) is 0 Å². The molecule has 100 valence electrons. The molecule has 0 bridgehead atoms. The minimum absolute atomic E-state index is 0.352. The number of nitrogens with zero attached hydrogens (tertiary/aromatic N) is 1. The molecular formula is C14H20BrNO2. The Hall–Kier alpha value is -0.580. The van der Waals surface area contributed by atoms with Crippen molar-refractivity contribution in [3.63, 3.8) is 0 Å². The van der Waals surface area contributed by atoms with Crippen LogP contribution in [0.25, 0.3) is 0 Å². The number of likely N-dealkylation sites (N-methyl/N-ethyl adjacent to an activating group) is 1. The molecule has 2 rings (SSSR count). The fourth-order valence-electron chi connectivity index (χ4n) is 2.29. The fraction of sp³-hybridized carbons (Fsp3) is 0.571. The second-order valence-corrected chi connectivity index (χ2v) is 5.75. The molecule has 0 radical (unpaired) electrons. The predicted molar refractivity (Wildman–Crippen MR) is 77.0 cm³/mol. The van der Waals surface area contributed by atoms with Crippen LogP contribution in [-0.4, -0.2) is 31.4 Å². The maximum atomic E-state index is 9.60. The average Bonchev–Trinajstić information content (AvgIpc) is 2.81. The molecule has 1 N–H and O–H groups in total. The van der Waals surface area contributed by atoms with Crippen molar-refractivity contribution in [1.82, 2.24) is 0 Å². The van der Waals surface area contributed by atoms with Crippen molar-refractivity contribution in [2.75, 3.05) is 25.1 Å². The first-order chi connectivity index (χ1) is 8.58. The smallest absolute Gasteiger partial charge is 0.0772 e. The maximum Gasteiger partial charge on any atom is 0.0772 e. The zero-order valence-corrected chi connectivity index (χ0v) is 12.5. The first-order valence-electron chi connectivity index (χ1n) is 6.38. The number of halogens is 1. The van der Waals surface area contributed by atoms with Crippen LogP contribution in [0.5, 0.6) is 0 Å². The lowest BCUT2D eigenvalue weighted by atomic mass is 10.1. The molecule has 0 aliphatic carbocycles. The summed E-state index contributed by atoms with van der Waals surface area (Å²) >= 11 is 3.51. The third-order valence-corrected chi connectivity index (χ3v) is 4.06. The largest absolute Gasteiger partial charge is 0.389 e. The molecule has 0 amide bonds. The number of aliphatic hydroxyl groups excluding tert-OH is 1. The third kappa shape index (κ3) is 3.25. The maximum absolute atomic E-state index is 9.60. The quantitative estimate of drug-likeness (QED) is 0.927. The summed E-state index contributed by atoms with van der Waals surface area (Å²) < 4.78 is 6.60. The van der Waals surface area contributed by atoms with E-state index >= 15 is 0 Å². The number of aliphatic hydroxyl groups is 1. The summed E-state index contributed by atoms with van der Waals surface area (Å²) in [6.45, 7) is 3.58. The van der Waals surface area contributed by atoms with Crippen molar-refractivity contribution in [3.8, 4) is 0 Å². The van der Waals surface area contributed by atoms with Gasteiger partial charge in [-0.1, -0.05) is 22.0 Å². The highest BCUT2D eigenvalue weighted by Crippen LogP contribution is 2.28. The van der Waals surface area contributed by atoms with Crippen LogP contribution in [0.1, 0.15) is 31.4 Å². The van der Waals surface area contributed by atoms with Crippen molar-refractivity contribution in [2.24, 2.45) is 0 Å². The van der Waals surface area contributed by atoms with Crippen molar-refractivity contribution in [2.45, 2.75) is 32.0 Å². The Morgan fingerprint density at radius 2 is 2.33 bits per heavy atom. The van der Waals surface area contributed by atoms with Crippen LogP contribution in [0.3, 0.4) is 0 Å². The summed E-state index contributed by atoms with van der Waals surface area (Å²) in [6.07, 6.45) is 2.22. The molecule has 4 heteroatoms. The van der Waals surface area contributed by atoms with Gasteiger partial charge in [0.15, 0.2) is 0 Å². The molecule has 1 aromatic carbocycles. The SMILES string of the molecule is CC(O)c1ccc(N(C)CC2CCCO2)cc1Br.